The number of carbonyl (C=O) groups is 1. The zero-order valence-electron chi connectivity index (χ0n) is 15.8. The van der Waals surface area contributed by atoms with Crippen LogP contribution in [0.5, 0.6) is 0 Å². The number of hydrogen-bond acceptors (Lipinski definition) is 4. The molecule has 0 bridgehead atoms. The molecule has 1 heterocycles. The number of aromatic nitrogens is 2. The molecule has 0 aliphatic carbocycles. The molecule has 0 aliphatic rings. The van der Waals surface area contributed by atoms with E-state index in [4.69, 9.17) is 0 Å². The van der Waals surface area contributed by atoms with Crippen LogP contribution in [0.25, 0.3) is 0 Å². The van der Waals surface area contributed by atoms with Gasteiger partial charge in [-0.25, -0.2) is 19.8 Å². The van der Waals surface area contributed by atoms with Crippen molar-refractivity contribution in [3.63, 3.8) is 0 Å². The number of amides is 2. The van der Waals surface area contributed by atoms with Gasteiger partial charge in [0.05, 0.1) is 6.54 Å². The lowest BCUT2D eigenvalue weighted by Gasteiger charge is -2.12. The highest BCUT2D eigenvalue weighted by molar-refractivity contribution is 6.06. The monoisotopic (exact) mass is 374 g/mol. The summed E-state index contributed by atoms with van der Waals surface area (Å²) in [5.74, 6) is 0.645. The van der Waals surface area contributed by atoms with Gasteiger partial charge in [-0.3, -0.25) is 10.6 Å². The van der Waals surface area contributed by atoms with E-state index in [1.54, 1.807) is 12.1 Å². The average molecular weight is 374 g/mol. The largest absolute Gasteiger partial charge is 0.326 e. The molecule has 7 heteroatoms. The highest BCUT2D eigenvalue weighted by Crippen LogP contribution is 2.06. The summed E-state index contributed by atoms with van der Waals surface area (Å²) in [6.07, 6.45) is 0. The number of hydrogen-bond donors (Lipinski definition) is 3. The van der Waals surface area contributed by atoms with Crippen LogP contribution in [-0.4, -0.2) is 22.0 Å². The minimum Gasteiger partial charge on any atom is -0.308 e. The number of benzene rings is 2. The van der Waals surface area contributed by atoms with Crippen LogP contribution in [0.1, 0.15) is 17.0 Å². The molecule has 0 saturated carbocycles. The van der Waals surface area contributed by atoms with Crippen molar-refractivity contribution in [3.05, 3.63) is 83.7 Å². The number of anilines is 2. The number of aryl methyl sites for hydroxylation is 2. The van der Waals surface area contributed by atoms with E-state index < -0.39 is 6.03 Å². The van der Waals surface area contributed by atoms with Crippen molar-refractivity contribution in [2.24, 2.45) is 4.99 Å². The molecule has 0 saturated heterocycles. The molecule has 1 aromatic heterocycles. The van der Waals surface area contributed by atoms with E-state index in [9.17, 15) is 4.79 Å². The first-order valence-electron chi connectivity index (χ1n) is 8.89. The van der Waals surface area contributed by atoms with Gasteiger partial charge in [0.2, 0.25) is 11.9 Å². The minimum atomic E-state index is -0.408. The van der Waals surface area contributed by atoms with E-state index in [0.29, 0.717) is 18.2 Å². The van der Waals surface area contributed by atoms with Crippen LogP contribution in [0.4, 0.5) is 16.4 Å². The highest BCUT2D eigenvalue weighted by atomic mass is 16.2. The molecule has 0 aliphatic heterocycles. The average Bonchev–Trinajstić information content (AvgIpc) is 2.67. The van der Waals surface area contributed by atoms with Crippen molar-refractivity contribution in [1.82, 2.24) is 15.3 Å². The molecule has 0 unspecified atom stereocenters. The molecule has 142 valence electrons. The number of urea groups is 1. The lowest BCUT2D eigenvalue weighted by molar-refractivity contribution is 0.256. The summed E-state index contributed by atoms with van der Waals surface area (Å²) in [4.78, 5) is 25.5. The number of carbonyl (C=O) groups excluding carboxylic acids is 1. The summed E-state index contributed by atoms with van der Waals surface area (Å²) < 4.78 is 0. The number of aliphatic imine (C=N–C) groups is 1. The van der Waals surface area contributed by atoms with Gasteiger partial charge in [-0.1, -0.05) is 48.5 Å². The first-order valence-corrected chi connectivity index (χ1v) is 8.89. The number of rotatable bonds is 4. The summed E-state index contributed by atoms with van der Waals surface area (Å²) in [6, 6.07) is 20.4. The van der Waals surface area contributed by atoms with E-state index in [0.717, 1.165) is 17.0 Å². The molecule has 0 fully saturated rings. The quantitative estimate of drug-likeness (QED) is 0.477. The van der Waals surface area contributed by atoms with Crippen LogP contribution in [0.2, 0.25) is 0 Å². The van der Waals surface area contributed by atoms with Crippen molar-refractivity contribution in [3.8, 4) is 0 Å². The molecule has 0 atom stereocenters. The zero-order chi connectivity index (χ0) is 19.8. The Balaban J connectivity index is 1.76. The molecule has 28 heavy (non-hydrogen) atoms. The zero-order valence-corrected chi connectivity index (χ0v) is 15.8. The fraction of sp³-hybridized carbons (Fsp3) is 0.143. The molecule has 2 amide bonds. The number of para-hydroxylation sites is 1. The van der Waals surface area contributed by atoms with Gasteiger partial charge in [0, 0.05) is 17.1 Å². The Labute approximate surface area is 164 Å². The maximum Gasteiger partial charge on any atom is 0.326 e. The molecular formula is C21H22N6O. The summed E-state index contributed by atoms with van der Waals surface area (Å²) in [5.41, 5.74) is 3.36. The molecule has 3 N–H and O–H groups in total. The molecule has 0 radical (unpaired) electrons. The normalized spacial score (nSPS) is 11.0. The Morgan fingerprint density at radius 1 is 0.893 bits per heavy atom. The Morgan fingerprint density at radius 2 is 1.50 bits per heavy atom. The molecule has 0 spiro atoms. The molecule has 3 rings (SSSR count). The second kappa shape index (κ2) is 9.27. The van der Waals surface area contributed by atoms with Crippen molar-refractivity contribution >= 4 is 23.6 Å². The van der Waals surface area contributed by atoms with Gasteiger partial charge in [0.15, 0.2) is 0 Å². The van der Waals surface area contributed by atoms with Crippen LogP contribution in [-0.2, 0) is 6.54 Å². The van der Waals surface area contributed by atoms with Gasteiger partial charge < -0.3 is 5.32 Å². The highest BCUT2D eigenvalue weighted by Gasteiger charge is 2.09. The van der Waals surface area contributed by atoms with Crippen LogP contribution < -0.4 is 16.0 Å². The fourth-order valence-corrected chi connectivity index (χ4v) is 2.54. The Hall–Kier alpha value is -3.74. The maximum atomic E-state index is 12.4. The lowest BCUT2D eigenvalue weighted by Crippen LogP contribution is -2.39. The van der Waals surface area contributed by atoms with Gasteiger partial charge in [0.1, 0.15) is 0 Å². The SMILES string of the molecule is Cc1cc(C)nc(NC(=NCc2ccccc2)NC(=O)Nc2ccccc2)n1. The van der Waals surface area contributed by atoms with Crippen molar-refractivity contribution in [2.45, 2.75) is 20.4 Å². The van der Waals surface area contributed by atoms with E-state index in [2.05, 4.69) is 30.9 Å². The Bertz CT molecular complexity index is 937. The van der Waals surface area contributed by atoms with Gasteiger partial charge >= 0.3 is 6.03 Å². The first-order chi connectivity index (χ1) is 13.6. The van der Waals surface area contributed by atoms with Crippen molar-refractivity contribution in [1.29, 1.82) is 0 Å². The smallest absolute Gasteiger partial charge is 0.308 e. The number of guanidine groups is 1. The van der Waals surface area contributed by atoms with Crippen LogP contribution in [0.15, 0.2) is 71.7 Å². The summed E-state index contributed by atoms with van der Waals surface area (Å²) in [6.45, 7) is 4.17. The van der Waals surface area contributed by atoms with E-state index in [1.165, 1.54) is 0 Å². The molecule has 3 aromatic rings. The third-order valence-corrected chi connectivity index (χ3v) is 3.74. The predicted molar refractivity (Wildman–Crippen MR) is 111 cm³/mol. The van der Waals surface area contributed by atoms with E-state index in [1.807, 2.05) is 68.4 Å². The van der Waals surface area contributed by atoms with Crippen molar-refractivity contribution < 1.29 is 4.79 Å². The third-order valence-electron chi connectivity index (χ3n) is 3.74. The predicted octanol–water partition coefficient (Wildman–Crippen LogP) is 3.88. The van der Waals surface area contributed by atoms with Gasteiger partial charge in [-0.2, -0.15) is 0 Å². The van der Waals surface area contributed by atoms with Gasteiger partial charge in [-0.15, -0.1) is 0 Å². The Morgan fingerprint density at radius 3 is 2.14 bits per heavy atom. The topological polar surface area (TPSA) is 91.3 Å². The van der Waals surface area contributed by atoms with Crippen LogP contribution >= 0.6 is 0 Å². The maximum absolute atomic E-state index is 12.4. The van der Waals surface area contributed by atoms with Crippen molar-refractivity contribution in [2.75, 3.05) is 10.6 Å². The van der Waals surface area contributed by atoms with Crippen LogP contribution in [0.3, 0.4) is 0 Å². The van der Waals surface area contributed by atoms with Crippen LogP contribution in [0, 0.1) is 13.8 Å². The summed E-state index contributed by atoms with van der Waals surface area (Å²) in [5, 5.41) is 8.50. The Kier molecular flexibility index (Phi) is 6.30. The molecular weight excluding hydrogens is 352 g/mol. The number of nitrogens with one attached hydrogen (secondary N) is 3. The third kappa shape index (κ3) is 5.91. The van der Waals surface area contributed by atoms with E-state index >= 15 is 0 Å². The lowest BCUT2D eigenvalue weighted by atomic mass is 10.2. The summed E-state index contributed by atoms with van der Waals surface area (Å²) in [7, 11) is 0. The number of nitrogens with zero attached hydrogens (tertiary/aromatic N) is 3. The van der Waals surface area contributed by atoms with Gasteiger partial charge in [-0.05, 0) is 37.6 Å². The van der Waals surface area contributed by atoms with E-state index in [-0.39, 0.29) is 5.96 Å². The van der Waals surface area contributed by atoms with Gasteiger partial charge in [0.25, 0.3) is 0 Å². The fourth-order valence-electron chi connectivity index (χ4n) is 2.54. The summed E-state index contributed by atoms with van der Waals surface area (Å²) >= 11 is 0. The standard InChI is InChI=1S/C21H22N6O/c1-15-13-16(2)24-20(23-15)26-19(22-14-17-9-5-3-6-10-17)27-21(28)25-18-11-7-4-8-12-18/h3-13H,14H2,1-2H3,(H3,22,23,24,25,26,27,28). The molecule has 7 nitrogen and oxygen atoms in total. The second-order valence-electron chi connectivity index (χ2n) is 6.19. The molecule has 2 aromatic carbocycles. The second-order valence-corrected chi connectivity index (χ2v) is 6.19. The minimum absolute atomic E-state index is 0.266. The first kappa shape index (κ1) is 19.0.